The van der Waals surface area contributed by atoms with Crippen molar-refractivity contribution in [1.29, 1.82) is 0 Å². The number of aryl methyl sites for hydroxylation is 1. The van der Waals surface area contributed by atoms with Crippen LogP contribution in [0.2, 0.25) is 0 Å². The molecule has 6 nitrogen and oxygen atoms in total. The molecule has 2 N–H and O–H groups in total. The van der Waals surface area contributed by atoms with E-state index in [1.54, 1.807) is 15.8 Å². The Kier molecular flexibility index (Phi) is 5.48. The van der Waals surface area contributed by atoms with Crippen LogP contribution in [-0.4, -0.2) is 39.1 Å². The van der Waals surface area contributed by atoms with Crippen molar-refractivity contribution in [3.63, 3.8) is 0 Å². The first-order chi connectivity index (χ1) is 12.1. The van der Waals surface area contributed by atoms with Crippen molar-refractivity contribution in [2.45, 2.75) is 44.6 Å². The Bertz CT molecular complexity index is 720. The summed E-state index contributed by atoms with van der Waals surface area (Å²) >= 11 is 0. The normalized spacial score (nSPS) is 14.6. The lowest BCUT2D eigenvalue weighted by Gasteiger charge is -2.27. The lowest BCUT2D eigenvalue weighted by molar-refractivity contribution is -0.137. The van der Waals surface area contributed by atoms with Crippen LogP contribution in [0.5, 0.6) is 0 Å². The van der Waals surface area contributed by atoms with Gasteiger partial charge in [-0.15, -0.1) is 0 Å². The van der Waals surface area contributed by atoms with E-state index >= 15 is 0 Å². The zero-order valence-corrected chi connectivity index (χ0v) is 14.3. The minimum atomic E-state index is -0.447. The number of hydrogen-bond acceptors (Lipinski definition) is 3. The second kappa shape index (κ2) is 7.96. The number of para-hydroxylation sites is 1. The highest BCUT2D eigenvalue weighted by Gasteiger charge is 2.27. The lowest BCUT2D eigenvalue weighted by Crippen LogP contribution is -2.44. The summed E-state index contributed by atoms with van der Waals surface area (Å²) in [5.74, 6) is -0.449. The van der Waals surface area contributed by atoms with Gasteiger partial charge in [0.05, 0.1) is 18.4 Å². The molecule has 0 bridgehead atoms. The van der Waals surface area contributed by atoms with E-state index in [0.29, 0.717) is 12.8 Å². The van der Waals surface area contributed by atoms with Crippen LogP contribution >= 0.6 is 0 Å². The summed E-state index contributed by atoms with van der Waals surface area (Å²) in [5, 5.41) is 4.35. The summed E-state index contributed by atoms with van der Waals surface area (Å²) in [7, 11) is 0. The number of rotatable bonds is 7. The first-order valence-corrected chi connectivity index (χ1v) is 8.80. The predicted molar refractivity (Wildman–Crippen MR) is 95.0 cm³/mol. The summed E-state index contributed by atoms with van der Waals surface area (Å²) < 4.78 is 1.80. The quantitative estimate of drug-likeness (QED) is 0.837. The van der Waals surface area contributed by atoms with Gasteiger partial charge < -0.3 is 10.6 Å². The van der Waals surface area contributed by atoms with Crippen molar-refractivity contribution in [2.75, 3.05) is 6.54 Å². The fourth-order valence-corrected chi connectivity index (χ4v) is 3.41. The molecule has 1 fully saturated rings. The molecule has 3 rings (SSSR count). The van der Waals surface area contributed by atoms with E-state index in [4.69, 9.17) is 5.73 Å². The van der Waals surface area contributed by atoms with Gasteiger partial charge in [0.15, 0.2) is 0 Å². The number of nitrogens with zero attached hydrogens (tertiary/aromatic N) is 3. The fraction of sp³-hybridized carbons (Fsp3) is 0.421. The molecule has 25 heavy (non-hydrogen) atoms. The summed E-state index contributed by atoms with van der Waals surface area (Å²) in [6, 6.07) is 10.0. The van der Waals surface area contributed by atoms with Gasteiger partial charge in [0, 0.05) is 18.7 Å². The smallest absolute Gasteiger partial charge is 0.237 e. The van der Waals surface area contributed by atoms with Crippen molar-refractivity contribution in [3.8, 4) is 5.69 Å². The Morgan fingerprint density at radius 3 is 2.60 bits per heavy atom. The molecule has 1 aliphatic carbocycles. The van der Waals surface area contributed by atoms with Gasteiger partial charge in [0.2, 0.25) is 11.8 Å². The van der Waals surface area contributed by atoms with Crippen molar-refractivity contribution >= 4 is 11.8 Å². The third-order valence-electron chi connectivity index (χ3n) is 4.70. The van der Waals surface area contributed by atoms with Crippen LogP contribution < -0.4 is 5.73 Å². The standard InChI is InChI=1S/C19H24N4O2/c20-18(24)14-22(16-6-4-5-7-16)19(25)11-10-15-12-21-23(13-15)17-8-2-1-3-9-17/h1-3,8-9,12-13,16H,4-7,10-11,14H2,(H2,20,24). The fourth-order valence-electron chi connectivity index (χ4n) is 3.41. The van der Waals surface area contributed by atoms with Gasteiger partial charge in [-0.05, 0) is 37.0 Å². The Hall–Kier alpha value is -2.63. The predicted octanol–water partition coefficient (Wildman–Crippen LogP) is 2.06. The average molecular weight is 340 g/mol. The molecule has 2 amide bonds. The van der Waals surface area contributed by atoms with Gasteiger partial charge in [-0.1, -0.05) is 31.0 Å². The Morgan fingerprint density at radius 1 is 1.20 bits per heavy atom. The summed E-state index contributed by atoms with van der Waals surface area (Å²) in [4.78, 5) is 25.6. The maximum absolute atomic E-state index is 12.6. The van der Waals surface area contributed by atoms with Gasteiger partial charge in [-0.25, -0.2) is 4.68 Å². The van der Waals surface area contributed by atoms with Crippen LogP contribution in [0.15, 0.2) is 42.7 Å². The lowest BCUT2D eigenvalue weighted by atomic mass is 10.1. The van der Waals surface area contributed by atoms with Crippen molar-refractivity contribution < 1.29 is 9.59 Å². The molecule has 1 aromatic carbocycles. The van der Waals surface area contributed by atoms with Gasteiger partial charge in [-0.3, -0.25) is 9.59 Å². The zero-order chi connectivity index (χ0) is 17.6. The highest BCUT2D eigenvalue weighted by molar-refractivity contribution is 5.84. The van der Waals surface area contributed by atoms with Crippen molar-refractivity contribution in [3.05, 3.63) is 48.3 Å². The van der Waals surface area contributed by atoms with E-state index in [2.05, 4.69) is 5.10 Å². The molecule has 1 aromatic heterocycles. The third kappa shape index (κ3) is 4.47. The Labute approximate surface area is 147 Å². The maximum Gasteiger partial charge on any atom is 0.237 e. The monoisotopic (exact) mass is 340 g/mol. The van der Waals surface area contributed by atoms with Crippen molar-refractivity contribution in [1.82, 2.24) is 14.7 Å². The molecular formula is C19H24N4O2. The average Bonchev–Trinajstić information content (AvgIpc) is 3.30. The number of carbonyl (C=O) groups is 2. The number of nitrogens with two attached hydrogens (primary N) is 1. The number of aromatic nitrogens is 2. The molecule has 1 saturated carbocycles. The number of carbonyl (C=O) groups excluding carboxylic acids is 2. The van der Waals surface area contributed by atoms with E-state index in [-0.39, 0.29) is 18.5 Å². The minimum absolute atomic E-state index is 0.00170. The molecule has 2 aromatic rings. The third-order valence-corrected chi connectivity index (χ3v) is 4.70. The maximum atomic E-state index is 12.6. The molecular weight excluding hydrogens is 316 g/mol. The highest BCUT2D eigenvalue weighted by Crippen LogP contribution is 2.24. The van der Waals surface area contributed by atoms with E-state index in [1.165, 1.54) is 0 Å². The number of benzene rings is 1. The van der Waals surface area contributed by atoms with Gasteiger partial charge in [0.25, 0.3) is 0 Å². The minimum Gasteiger partial charge on any atom is -0.368 e. The SMILES string of the molecule is NC(=O)CN(C(=O)CCc1cnn(-c2ccccc2)c1)C1CCCC1. The second-order valence-corrected chi connectivity index (χ2v) is 6.55. The molecule has 0 atom stereocenters. The molecule has 0 spiro atoms. The van der Waals surface area contributed by atoms with Crippen LogP contribution in [0.4, 0.5) is 0 Å². The van der Waals surface area contributed by atoms with Crippen molar-refractivity contribution in [2.24, 2.45) is 5.73 Å². The molecule has 132 valence electrons. The van der Waals surface area contributed by atoms with Crippen LogP contribution in [-0.2, 0) is 16.0 Å². The van der Waals surface area contributed by atoms with E-state index in [9.17, 15) is 9.59 Å². The van der Waals surface area contributed by atoms with Crippen LogP contribution in [0.3, 0.4) is 0 Å². The molecule has 0 radical (unpaired) electrons. The summed E-state index contributed by atoms with van der Waals surface area (Å²) in [6.07, 6.45) is 8.84. The summed E-state index contributed by atoms with van der Waals surface area (Å²) in [5.41, 5.74) is 7.32. The molecule has 6 heteroatoms. The topological polar surface area (TPSA) is 81.2 Å². The first-order valence-electron chi connectivity index (χ1n) is 8.80. The van der Waals surface area contributed by atoms with E-state index in [0.717, 1.165) is 36.9 Å². The molecule has 0 unspecified atom stereocenters. The number of hydrogen-bond donors (Lipinski definition) is 1. The first kappa shape index (κ1) is 17.2. The zero-order valence-electron chi connectivity index (χ0n) is 14.3. The Balaban J connectivity index is 1.60. The number of amides is 2. The largest absolute Gasteiger partial charge is 0.368 e. The van der Waals surface area contributed by atoms with Gasteiger partial charge in [0.1, 0.15) is 0 Å². The van der Waals surface area contributed by atoms with Crippen LogP contribution in [0.1, 0.15) is 37.7 Å². The molecule has 1 heterocycles. The summed E-state index contributed by atoms with van der Waals surface area (Å²) in [6.45, 7) is 0.0206. The van der Waals surface area contributed by atoms with Crippen LogP contribution in [0.25, 0.3) is 5.69 Å². The van der Waals surface area contributed by atoms with E-state index in [1.807, 2.05) is 36.5 Å². The number of primary amides is 1. The van der Waals surface area contributed by atoms with Gasteiger partial charge >= 0.3 is 0 Å². The highest BCUT2D eigenvalue weighted by atomic mass is 16.2. The van der Waals surface area contributed by atoms with Crippen LogP contribution in [0, 0.1) is 0 Å². The molecule has 0 saturated heterocycles. The Morgan fingerprint density at radius 2 is 1.92 bits per heavy atom. The van der Waals surface area contributed by atoms with E-state index < -0.39 is 5.91 Å². The van der Waals surface area contributed by atoms with Gasteiger partial charge in [-0.2, -0.15) is 5.10 Å². The molecule has 0 aliphatic heterocycles. The second-order valence-electron chi connectivity index (χ2n) is 6.55. The molecule has 1 aliphatic rings.